The van der Waals surface area contributed by atoms with Crippen LogP contribution in [0.2, 0.25) is 0 Å². The van der Waals surface area contributed by atoms with Crippen LogP contribution in [0, 0.1) is 0 Å². The van der Waals surface area contributed by atoms with E-state index in [9.17, 15) is 4.79 Å². The minimum Gasteiger partial charge on any atom is -0.497 e. The summed E-state index contributed by atoms with van der Waals surface area (Å²) in [6, 6.07) is 0. The fourth-order valence-corrected chi connectivity index (χ4v) is 2.92. The van der Waals surface area contributed by atoms with Crippen LogP contribution in [0.3, 0.4) is 0 Å². The molecule has 0 bridgehead atoms. The van der Waals surface area contributed by atoms with E-state index < -0.39 is 0 Å². The molecule has 0 radical (unpaired) electrons. The molecule has 1 N–H and O–H groups in total. The van der Waals surface area contributed by atoms with Crippen molar-refractivity contribution in [3.8, 4) is 0 Å². The number of nitrogens with one attached hydrogen (secondary N) is 1. The number of allylic oxidation sites excluding steroid dienone is 2. The van der Waals surface area contributed by atoms with Crippen LogP contribution in [0.25, 0.3) is 0 Å². The maximum atomic E-state index is 12.7. The highest BCUT2D eigenvalue weighted by Crippen LogP contribution is 2.21. The first kappa shape index (κ1) is 22.8. The molecule has 0 atom stereocenters. The Kier molecular flexibility index (Phi) is 9.52. The van der Waals surface area contributed by atoms with Gasteiger partial charge in [-0.2, -0.15) is 0 Å². The highest BCUT2D eigenvalue weighted by molar-refractivity contribution is 7.98. The van der Waals surface area contributed by atoms with Crippen LogP contribution in [0.15, 0.2) is 47.7 Å². The van der Waals surface area contributed by atoms with Crippen LogP contribution in [0.5, 0.6) is 0 Å². The van der Waals surface area contributed by atoms with E-state index >= 15 is 0 Å². The number of methoxy groups -OCH3 is 2. The maximum absolute atomic E-state index is 12.7. The predicted molar refractivity (Wildman–Crippen MR) is 114 cm³/mol. The summed E-state index contributed by atoms with van der Waals surface area (Å²) in [6.07, 6.45) is 9.56. The number of morpholine rings is 1. The Hall–Kier alpha value is -2.52. The third kappa shape index (κ3) is 7.10. The van der Waals surface area contributed by atoms with Gasteiger partial charge in [0.15, 0.2) is 5.16 Å². The van der Waals surface area contributed by atoms with E-state index in [2.05, 4.69) is 26.8 Å². The number of anilines is 1. The predicted octanol–water partition coefficient (Wildman–Crippen LogP) is 2.40. The molecular formula is C20H28N4O4S. The largest absolute Gasteiger partial charge is 0.497 e. The minimum atomic E-state index is -0.192. The number of carbonyl (C=O) groups is 1. The number of hydrogen-bond acceptors (Lipinski definition) is 8. The Morgan fingerprint density at radius 3 is 2.79 bits per heavy atom. The van der Waals surface area contributed by atoms with Crippen LogP contribution in [0.1, 0.15) is 16.8 Å². The summed E-state index contributed by atoms with van der Waals surface area (Å²) in [4.78, 5) is 23.6. The Morgan fingerprint density at radius 2 is 2.14 bits per heavy atom. The van der Waals surface area contributed by atoms with E-state index in [1.807, 2.05) is 18.4 Å². The maximum Gasteiger partial charge on any atom is 0.256 e. The lowest BCUT2D eigenvalue weighted by atomic mass is 10.2. The zero-order valence-corrected chi connectivity index (χ0v) is 18.0. The summed E-state index contributed by atoms with van der Waals surface area (Å²) < 4.78 is 15.6. The fourth-order valence-electron chi connectivity index (χ4n) is 2.59. The molecule has 9 heteroatoms. The van der Waals surface area contributed by atoms with Gasteiger partial charge >= 0.3 is 0 Å². The molecule has 1 aliphatic rings. The Labute approximate surface area is 176 Å². The minimum absolute atomic E-state index is 0.192. The SMILES string of the molecule is C=C(/C=C(\C=C/CCNC(=O)c1cnc(SC)nc1N1CCOCC1)OC)OC. The van der Waals surface area contributed by atoms with Gasteiger partial charge < -0.3 is 24.4 Å². The summed E-state index contributed by atoms with van der Waals surface area (Å²) in [6.45, 7) is 6.85. The monoisotopic (exact) mass is 420 g/mol. The van der Waals surface area contributed by atoms with E-state index in [4.69, 9.17) is 14.2 Å². The zero-order valence-electron chi connectivity index (χ0n) is 17.1. The van der Waals surface area contributed by atoms with Gasteiger partial charge in [0.1, 0.15) is 22.9 Å². The van der Waals surface area contributed by atoms with Crippen LogP contribution < -0.4 is 10.2 Å². The molecule has 0 saturated carbocycles. The number of carbonyl (C=O) groups excluding carboxylic acids is 1. The third-order valence-electron chi connectivity index (χ3n) is 4.16. The molecule has 0 aliphatic carbocycles. The van der Waals surface area contributed by atoms with Crippen molar-refractivity contribution in [1.82, 2.24) is 15.3 Å². The molecule has 8 nitrogen and oxygen atoms in total. The second-order valence-corrected chi connectivity index (χ2v) is 6.84. The molecule has 29 heavy (non-hydrogen) atoms. The summed E-state index contributed by atoms with van der Waals surface area (Å²) in [5.74, 6) is 1.59. The van der Waals surface area contributed by atoms with E-state index in [0.29, 0.717) is 67.3 Å². The summed E-state index contributed by atoms with van der Waals surface area (Å²) in [5.41, 5.74) is 0.475. The van der Waals surface area contributed by atoms with Crippen molar-refractivity contribution in [3.63, 3.8) is 0 Å². The molecule has 0 aromatic carbocycles. The lowest BCUT2D eigenvalue weighted by Gasteiger charge is -2.29. The fraction of sp³-hybridized carbons (Fsp3) is 0.450. The molecule has 1 aliphatic heterocycles. The third-order valence-corrected chi connectivity index (χ3v) is 4.73. The topological polar surface area (TPSA) is 85.8 Å². The Morgan fingerprint density at radius 1 is 1.38 bits per heavy atom. The Balaban J connectivity index is 1.97. The van der Waals surface area contributed by atoms with Gasteiger partial charge in [-0.25, -0.2) is 9.97 Å². The van der Waals surface area contributed by atoms with Crippen LogP contribution >= 0.6 is 11.8 Å². The van der Waals surface area contributed by atoms with Gasteiger partial charge in [0.25, 0.3) is 5.91 Å². The van der Waals surface area contributed by atoms with Crippen molar-refractivity contribution in [2.75, 3.05) is 58.2 Å². The van der Waals surface area contributed by atoms with E-state index in [-0.39, 0.29) is 5.91 Å². The first-order valence-corrected chi connectivity index (χ1v) is 10.5. The first-order chi connectivity index (χ1) is 14.1. The number of nitrogens with zero attached hydrogens (tertiary/aromatic N) is 3. The average Bonchev–Trinajstić information content (AvgIpc) is 2.77. The number of hydrogen-bond donors (Lipinski definition) is 1. The van der Waals surface area contributed by atoms with Crippen molar-refractivity contribution in [2.24, 2.45) is 0 Å². The van der Waals surface area contributed by atoms with Crippen molar-refractivity contribution in [3.05, 3.63) is 48.1 Å². The van der Waals surface area contributed by atoms with Gasteiger partial charge in [0, 0.05) is 31.9 Å². The first-order valence-electron chi connectivity index (χ1n) is 9.26. The van der Waals surface area contributed by atoms with E-state index in [0.717, 1.165) is 0 Å². The van der Waals surface area contributed by atoms with Gasteiger partial charge in [0.05, 0.1) is 27.4 Å². The number of amides is 1. The molecule has 1 fully saturated rings. The molecule has 0 unspecified atom stereocenters. The van der Waals surface area contributed by atoms with Crippen LogP contribution in [-0.4, -0.2) is 69.2 Å². The van der Waals surface area contributed by atoms with Gasteiger partial charge in [-0.15, -0.1) is 0 Å². The van der Waals surface area contributed by atoms with Gasteiger partial charge in [-0.1, -0.05) is 24.4 Å². The Bertz CT molecular complexity index is 761. The summed E-state index contributed by atoms with van der Waals surface area (Å²) >= 11 is 1.45. The molecule has 1 amide bonds. The number of rotatable bonds is 10. The normalized spacial score (nSPS) is 14.7. The molecular weight excluding hydrogens is 392 g/mol. The second-order valence-electron chi connectivity index (χ2n) is 6.06. The summed E-state index contributed by atoms with van der Waals surface area (Å²) in [7, 11) is 3.12. The molecule has 158 valence electrons. The van der Waals surface area contributed by atoms with Crippen molar-refractivity contribution >= 4 is 23.5 Å². The number of ether oxygens (including phenoxy) is 3. The second kappa shape index (κ2) is 12.1. The van der Waals surface area contributed by atoms with E-state index in [1.165, 1.54) is 11.8 Å². The highest BCUT2D eigenvalue weighted by atomic mass is 32.2. The number of thioether (sulfide) groups is 1. The zero-order chi connectivity index (χ0) is 21.1. The molecule has 1 aromatic rings. The van der Waals surface area contributed by atoms with Crippen molar-refractivity contribution in [2.45, 2.75) is 11.6 Å². The molecule has 1 aromatic heterocycles. The van der Waals surface area contributed by atoms with Crippen molar-refractivity contribution < 1.29 is 19.0 Å². The van der Waals surface area contributed by atoms with Crippen LogP contribution in [0.4, 0.5) is 5.82 Å². The summed E-state index contributed by atoms with van der Waals surface area (Å²) in [5, 5.41) is 3.56. The van der Waals surface area contributed by atoms with Crippen LogP contribution in [-0.2, 0) is 14.2 Å². The quantitative estimate of drug-likeness (QED) is 0.203. The van der Waals surface area contributed by atoms with Gasteiger partial charge in [-0.3, -0.25) is 4.79 Å². The van der Waals surface area contributed by atoms with Gasteiger partial charge in [0.2, 0.25) is 0 Å². The number of aromatic nitrogens is 2. The highest BCUT2D eigenvalue weighted by Gasteiger charge is 2.21. The average molecular weight is 421 g/mol. The lowest BCUT2D eigenvalue weighted by Crippen LogP contribution is -2.38. The smallest absolute Gasteiger partial charge is 0.256 e. The standard InChI is InChI=1S/C20H28N4O4S/c1-15(26-2)13-16(27-3)7-5-6-8-21-19(25)17-14-22-20(29-4)23-18(17)24-9-11-28-12-10-24/h5,7,13-14H,1,6,8-12H2,2-4H3,(H,21,25)/b7-5-,16-13+. The van der Waals surface area contributed by atoms with Gasteiger partial charge in [-0.05, 0) is 18.8 Å². The molecule has 1 saturated heterocycles. The van der Waals surface area contributed by atoms with Crippen molar-refractivity contribution in [1.29, 1.82) is 0 Å². The van der Waals surface area contributed by atoms with E-state index in [1.54, 1.807) is 26.5 Å². The molecule has 0 spiro atoms. The lowest BCUT2D eigenvalue weighted by molar-refractivity contribution is 0.0951. The molecule has 2 heterocycles. The molecule has 2 rings (SSSR count).